The standard InChI is InChI=1S/C31H32N6O/c1-21-12-14-22(15-13-21)37-29(26(20-33-37)31(2,3)4)35-30(38)34-27-16-17-28(25-11-7-6-10-24(25)27)36(5)23-9-8-18-32-19-23/h6-20H,1-5H3,(H2,34,35,38). The highest BCUT2D eigenvalue weighted by Gasteiger charge is 2.25. The number of amides is 2. The second kappa shape index (κ2) is 10.0. The van der Waals surface area contributed by atoms with Gasteiger partial charge in [-0.25, -0.2) is 9.48 Å². The third-order valence-electron chi connectivity index (χ3n) is 6.63. The number of pyridine rings is 1. The SMILES string of the molecule is Cc1ccc(-n2ncc(C(C)(C)C)c2NC(=O)Nc2ccc(N(C)c3cccnc3)c3ccccc23)cc1. The summed E-state index contributed by atoms with van der Waals surface area (Å²) < 4.78 is 1.78. The van der Waals surface area contributed by atoms with Gasteiger partial charge in [0.1, 0.15) is 5.82 Å². The van der Waals surface area contributed by atoms with Crippen LogP contribution in [-0.2, 0) is 5.41 Å². The number of aromatic nitrogens is 3. The van der Waals surface area contributed by atoms with Crippen LogP contribution in [0.3, 0.4) is 0 Å². The first kappa shape index (κ1) is 25.0. The fourth-order valence-corrected chi connectivity index (χ4v) is 4.54. The molecule has 2 N–H and O–H groups in total. The lowest BCUT2D eigenvalue weighted by atomic mass is 9.89. The van der Waals surface area contributed by atoms with E-state index in [-0.39, 0.29) is 11.4 Å². The van der Waals surface area contributed by atoms with Crippen LogP contribution in [0.5, 0.6) is 0 Å². The number of urea groups is 1. The molecule has 7 nitrogen and oxygen atoms in total. The average Bonchev–Trinajstić information content (AvgIpc) is 3.33. The molecule has 2 heterocycles. The van der Waals surface area contributed by atoms with Crippen LogP contribution < -0.4 is 15.5 Å². The van der Waals surface area contributed by atoms with Crippen LogP contribution in [0.15, 0.2) is 91.4 Å². The minimum absolute atomic E-state index is 0.212. The maximum absolute atomic E-state index is 13.4. The number of nitrogens with zero attached hydrogens (tertiary/aromatic N) is 4. The van der Waals surface area contributed by atoms with E-state index < -0.39 is 0 Å². The van der Waals surface area contributed by atoms with Gasteiger partial charge in [0.25, 0.3) is 0 Å². The zero-order chi connectivity index (χ0) is 26.9. The van der Waals surface area contributed by atoms with Gasteiger partial charge in [-0.2, -0.15) is 5.10 Å². The van der Waals surface area contributed by atoms with Crippen LogP contribution in [0.2, 0.25) is 0 Å². The van der Waals surface area contributed by atoms with E-state index in [0.717, 1.165) is 44.6 Å². The van der Waals surface area contributed by atoms with Crippen LogP contribution in [0.4, 0.5) is 27.7 Å². The summed E-state index contributed by atoms with van der Waals surface area (Å²) in [5.74, 6) is 0.649. The van der Waals surface area contributed by atoms with Crippen molar-refractivity contribution in [3.63, 3.8) is 0 Å². The van der Waals surface area contributed by atoms with Crippen LogP contribution >= 0.6 is 0 Å². The van der Waals surface area contributed by atoms with Crippen LogP contribution in [-0.4, -0.2) is 27.8 Å². The Balaban J connectivity index is 1.47. The molecule has 0 fully saturated rings. The minimum Gasteiger partial charge on any atom is -0.343 e. The van der Waals surface area contributed by atoms with Crippen molar-refractivity contribution in [2.24, 2.45) is 0 Å². The van der Waals surface area contributed by atoms with Gasteiger partial charge in [-0.15, -0.1) is 0 Å². The molecule has 0 spiro atoms. The number of benzene rings is 3. The van der Waals surface area contributed by atoms with Crippen molar-refractivity contribution in [3.05, 3.63) is 103 Å². The molecule has 5 rings (SSSR count). The van der Waals surface area contributed by atoms with Crippen LogP contribution in [0.1, 0.15) is 31.9 Å². The lowest BCUT2D eigenvalue weighted by molar-refractivity contribution is 0.262. The van der Waals surface area contributed by atoms with Gasteiger partial charge < -0.3 is 10.2 Å². The van der Waals surface area contributed by atoms with Crippen molar-refractivity contribution in [2.45, 2.75) is 33.1 Å². The predicted molar refractivity (Wildman–Crippen MR) is 156 cm³/mol. The third kappa shape index (κ3) is 4.95. The molecule has 0 atom stereocenters. The number of fused-ring (bicyclic) bond motifs is 1. The minimum atomic E-state index is -0.331. The number of hydrogen-bond donors (Lipinski definition) is 2. The third-order valence-corrected chi connectivity index (χ3v) is 6.63. The summed E-state index contributed by atoms with van der Waals surface area (Å²) in [6, 6.07) is 23.7. The highest BCUT2D eigenvalue weighted by atomic mass is 16.2. The van der Waals surface area contributed by atoms with Crippen molar-refractivity contribution in [2.75, 3.05) is 22.6 Å². The topological polar surface area (TPSA) is 75.1 Å². The molecule has 0 bridgehead atoms. The molecule has 0 saturated carbocycles. The van der Waals surface area contributed by atoms with E-state index in [1.807, 2.05) is 93.1 Å². The number of rotatable bonds is 5. The molecule has 2 aromatic heterocycles. The van der Waals surface area contributed by atoms with E-state index in [4.69, 9.17) is 0 Å². The molecule has 2 amide bonds. The summed E-state index contributed by atoms with van der Waals surface area (Å²) >= 11 is 0. The van der Waals surface area contributed by atoms with E-state index in [1.165, 1.54) is 0 Å². The van der Waals surface area contributed by atoms with Crippen LogP contribution in [0, 0.1) is 6.92 Å². The molecule has 0 aliphatic rings. The van der Waals surface area contributed by atoms with Crippen molar-refractivity contribution in [1.82, 2.24) is 14.8 Å². The monoisotopic (exact) mass is 504 g/mol. The zero-order valence-electron chi connectivity index (χ0n) is 22.4. The summed E-state index contributed by atoms with van der Waals surface area (Å²) in [5.41, 5.74) is 5.51. The maximum Gasteiger partial charge on any atom is 0.324 e. The number of aryl methyl sites for hydroxylation is 1. The van der Waals surface area contributed by atoms with Gasteiger partial charge in [0.05, 0.1) is 29.5 Å². The first-order valence-electron chi connectivity index (χ1n) is 12.6. The number of hydrogen-bond acceptors (Lipinski definition) is 4. The number of anilines is 4. The Morgan fingerprint density at radius 2 is 1.61 bits per heavy atom. The van der Waals surface area contributed by atoms with Gasteiger partial charge in [0.2, 0.25) is 0 Å². The first-order valence-corrected chi connectivity index (χ1v) is 12.6. The maximum atomic E-state index is 13.4. The molecule has 7 heteroatoms. The van der Waals surface area contributed by atoms with Crippen molar-refractivity contribution >= 4 is 39.7 Å². The Hall–Kier alpha value is -4.65. The summed E-state index contributed by atoms with van der Waals surface area (Å²) in [6.07, 6.45) is 5.42. The molecule has 0 aliphatic carbocycles. The van der Waals surface area contributed by atoms with Crippen LogP contribution in [0.25, 0.3) is 16.5 Å². The molecule has 38 heavy (non-hydrogen) atoms. The summed E-state index contributed by atoms with van der Waals surface area (Å²) in [7, 11) is 2.01. The van der Waals surface area contributed by atoms with Gasteiger partial charge in [-0.3, -0.25) is 10.3 Å². The molecule has 5 aromatic rings. The molecule has 3 aromatic carbocycles. The second-order valence-electron chi connectivity index (χ2n) is 10.4. The summed E-state index contributed by atoms with van der Waals surface area (Å²) in [4.78, 5) is 19.7. The molecule has 0 radical (unpaired) electrons. The molecule has 0 aliphatic heterocycles. The summed E-state index contributed by atoms with van der Waals surface area (Å²) in [6.45, 7) is 8.37. The molecule has 192 valence electrons. The van der Waals surface area contributed by atoms with E-state index >= 15 is 0 Å². The van der Waals surface area contributed by atoms with Crippen molar-refractivity contribution in [1.29, 1.82) is 0 Å². The van der Waals surface area contributed by atoms with Gasteiger partial charge >= 0.3 is 6.03 Å². The smallest absolute Gasteiger partial charge is 0.324 e. The number of carbonyl (C=O) groups is 1. The average molecular weight is 505 g/mol. The highest BCUT2D eigenvalue weighted by molar-refractivity contribution is 6.09. The fourth-order valence-electron chi connectivity index (χ4n) is 4.54. The molecule has 0 saturated heterocycles. The Kier molecular flexibility index (Phi) is 6.59. The van der Waals surface area contributed by atoms with E-state index in [2.05, 4.69) is 52.5 Å². The normalized spacial score (nSPS) is 11.4. The number of carbonyl (C=O) groups excluding carboxylic acids is 1. The lowest BCUT2D eigenvalue weighted by Gasteiger charge is -2.23. The largest absolute Gasteiger partial charge is 0.343 e. The Labute approximate surface area is 223 Å². The van der Waals surface area contributed by atoms with E-state index in [1.54, 1.807) is 10.9 Å². The Morgan fingerprint density at radius 1 is 0.868 bits per heavy atom. The second-order valence-corrected chi connectivity index (χ2v) is 10.4. The van der Waals surface area contributed by atoms with Gasteiger partial charge in [-0.1, -0.05) is 62.7 Å². The quantitative estimate of drug-likeness (QED) is 0.261. The zero-order valence-corrected chi connectivity index (χ0v) is 22.4. The Bertz CT molecular complexity index is 1580. The van der Waals surface area contributed by atoms with E-state index in [0.29, 0.717) is 5.82 Å². The van der Waals surface area contributed by atoms with Gasteiger partial charge in [0, 0.05) is 35.3 Å². The van der Waals surface area contributed by atoms with E-state index in [9.17, 15) is 4.79 Å². The van der Waals surface area contributed by atoms with Gasteiger partial charge in [-0.05, 0) is 48.7 Å². The molecular formula is C31H32N6O. The van der Waals surface area contributed by atoms with Gasteiger partial charge in [0.15, 0.2) is 0 Å². The Morgan fingerprint density at radius 3 is 2.29 bits per heavy atom. The molecule has 0 unspecified atom stereocenters. The molecular weight excluding hydrogens is 472 g/mol. The highest BCUT2D eigenvalue weighted by Crippen LogP contribution is 2.35. The summed E-state index contributed by atoms with van der Waals surface area (Å²) in [5, 5.41) is 12.7. The fraction of sp³-hybridized carbons (Fsp3) is 0.194. The van der Waals surface area contributed by atoms with Crippen molar-refractivity contribution in [3.8, 4) is 5.69 Å². The van der Waals surface area contributed by atoms with Crippen molar-refractivity contribution < 1.29 is 4.79 Å². The first-order chi connectivity index (χ1) is 18.2. The number of nitrogens with one attached hydrogen (secondary N) is 2. The predicted octanol–water partition coefficient (Wildman–Crippen LogP) is 7.44. The lowest BCUT2D eigenvalue weighted by Crippen LogP contribution is -2.24.